The van der Waals surface area contributed by atoms with E-state index in [0.717, 1.165) is 26.1 Å². The molecule has 0 aliphatic rings. The molecule has 1 rings (SSSR count). The fourth-order valence-electron chi connectivity index (χ4n) is 2.39. The lowest BCUT2D eigenvalue weighted by Crippen LogP contribution is -2.29. The summed E-state index contributed by atoms with van der Waals surface area (Å²) in [5.41, 5.74) is 7.33. The van der Waals surface area contributed by atoms with E-state index in [1.807, 2.05) is 7.05 Å². The molecule has 0 saturated heterocycles. The van der Waals surface area contributed by atoms with Crippen LogP contribution in [-0.2, 0) is 6.42 Å². The maximum Gasteiger partial charge on any atom is 0.0104 e. The Morgan fingerprint density at radius 2 is 1.56 bits per heavy atom. The minimum Gasteiger partial charge on any atom is -0.318 e. The summed E-state index contributed by atoms with van der Waals surface area (Å²) in [5, 5.41) is 3.20. The van der Waals surface area contributed by atoms with Gasteiger partial charge in [0.25, 0.3) is 0 Å². The van der Waals surface area contributed by atoms with E-state index in [1.54, 1.807) is 5.56 Å². The number of nitrogens with zero attached hydrogens (tertiary/aromatic N) is 1. The highest BCUT2D eigenvalue weighted by Gasteiger charge is 2.09. The van der Waals surface area contributed by atoms with Gasteiger partial charge in [0.1, 0.15) is 0 Å². The second-order valence-corrected chi connectivity index (χ2v) is 5.40. The summed E-state index contributed by atoms with van der Waals surface area (Å²) in [6.07, 6.45) is 1.15. The topological polar surface area (TPSA) is 15.3 Å². The molecule has 2 nitrogen and oxygen atoms in total. The van der Waals surface area contributed by atoms with Crippen LogP contribution in [0.15, 0.2) is 6.07 Å². The van der Waals surface area contributed by atoms with Gasteiger partial charge in [0, 0.05) is 19.6 Å². The van der Waals surface area contributed by atoms with Crippen molar-refractivity contribution in [1.29, 1.82) is 0 Å². The Morgan fingerprint density at radius 3 is 2.06 bits per heavy atom. The zero-order chi connectivity index (χ0) is 13.7. The average molecular weight is 248 g/mol. The normalized spacial score (nSPS) is 11.3. The molecule has 0 unspecified atom stereocenters. The molecule has 0 amide bonds. The van der Waals surface area contributed by atoms with Gasteiger partial charge in [-0.2, -0.15) is 0 Å². The van der Waals surface area contributed by atoms with Crippen molar-refractivity contribution in [3.05, 3.63) is 33.9 Å². The molecule has 0 aliphatic carbocycles. The van der Waals surface area contributed by atoms with E-state index >= 15 is 0 Å². The molecule has 102 valence electrons. The second kappa shape index (κ2) is 6.91. The molecule has 0 fully saturated rings. The third-order valence-electron chi connectivity index (χ3n) is 4.01. The molecule has 0 heterocycles. The van der Waals surface area contributed by atoms with Crippen LogP contribution in [0.3, 0.4) is 0 Å². The molecular weight excluding hydrogens is 220 g/mol. The monoisotopic (exact) mass is 248 g/mol. The Labute approximate surface area is 112 Å². The Kier molecular flexibility index (Phi) is 5.83. The predicted molar refractivity (Wildman–Crippen MR) is 80.5 cm³/mol. The van der Waals surface area contributed by atoms with Crippen molar-refractivity contribution in [3.63, 3.8) is 0 Å². The van der Waals surface area contributed by atoms with Gasteiger partial charge in [-0.15, -0.1) is 0 Å². The van der Waals surface area contributed by atoms with Crippen LogP contribution in [0.25, 0.3) is 0 Å². The van der Waals surface area contributed by atoms with Crippen LogP contribution in [0.4, 0.5) is 0 Å². The lowest BCUT2D eigenvalue weighted by molar-refractivity contribution is 0.339. The van der Waals surface area contributed by atoms with Gasteiger partial charge in [0.15, 0.2) is 0 Å². The van der Waals surface area contributed by atoms with Gasteiger partial charge < -0.3 is 10.2 Å². The van der Waals surface area contributed by atoms with Gasteiger partial charge in [-0.1, -0.05) is 6.07 Å². The smallest absolute Gasteiger partial charge is 0.0104 e. The van der Waals surface area contributed by atoms with Crippen molar-refractivity contribution >= 4 is 0 Å². The Morgan fingerprint density at radius 1 is 1.00 bits per heavy atom. The minimum atomic E-state index is 1.06. The molecule has 0 radical (unpaired) electrons. The van der Waals surface area contributed by atoms with Crippen LogP contribution in [-0.4, -0.2) is 38.6 Å². The largest absolute Gasteiger partial charge is 0.318 e. The van der Waals surface area contributed by atoms with Crippen molar-refractivity contribution < 1.29 is 0 Å². The van der Waals surface area contributed by atoms with Gasteiger partial charge in [-0.25, -0.2) is 0 Å². The van der Waals surface area contributed by atoms with Crippen molar-refractivity contribution in [2.45, 2.75) is 34.1 Å². The predicted octanol–water partition coefficient (Wildman–Crippen LogP) is 2.61. The van der Waals surface area contributed by atoms with Gasteiger partial charge in [0.05, 0.1) is 0 Å². The van der Waals surface area contributed by atoms with Crippen LogP contribution >= 0.6 is 0 Å². The van der Waals surface area contributed by atoms with Crippen LogP contribution < -0.4 is 5.32 Å². The highest BCUT2D eigenvalue weighted by molar-refractivity contribution is 5.44. The molecule has 18 heavy (non-hydrogen) atoms. The standard InChI is InChI=1S/C16H28N2/c1-12-11-13(2)15(4)16(14(12)3)7-9-18(6)10-8-17-5/h11,17H,7-10H2,1-6H3. The van der Waals surface area contributed by atoms with Crippen LogP contribution in [0.1, 0.15) is 27.8 Å². The highest BCUT2D eigenvalue weighted by Crippen LogP contribution is 2.22. The Hall–Kier alpha value is -0.860. The van der Waals surface area contributed by atoms with E-state index in [2.05, 4.69) is 51.0 Å². The molecule has 0 aliphatic heterocycles. The molecule has 1 aromatic rings. The van der Waals surface area contributed by atoms with Crippen molar-refractivity contribution in [3.8, 4) is 0 Å². The van der Waals surface area contributed by atoms with Gasteiger partial charge in [0.2, 0.25) is 0 Å². The zero-order valence-electron chi connectivity index (χ0n) is 12.9. The number of rotatable bonds is 6. The number of hydrogen-bond donors (Lipinski definition) is 1. The van der Waals surface area contributed by atoms with Crippen molar-refractivity contribution in [2.24, 2.45) is 0 Å². The van der Waals surface area contributed by atoms with E-state index in [-0.39, 0.29) is 0 Å². The third-order valence-corrected chi connectivity index (χ3v) is 4.01. The maximum absolute atomic E-state index is 3.20. The van der Waals surface area contributed by atoms with Crippen LogP contribution in [0.5, 0.6) is 0 Å². The van der Waals surface area contributed by atoms with E-state index in [4.69, 9.17) is 0 Å². The molecule has 2 heteroatoms. The molecule has 0 bridgehead atoms. The minimum absolute atomic E-state index is 1.06. The first-order valence-electron chi connectivity index (χ1n) is 6.86. The maximum atomic E-state index is 3.20. The molecule has 1 N–H and O–H groups in total. The first kappa shape index (κ1) is 15.2. The first-order chi connectivity index (χ1) is 8.47. The molecule has 0 saturated carbocycles. The SMILES string of the molecule is CNCCN(C)CCc1c(C)c(C)cc(C)c1C. The molecule has 1 aromatic carbocycles. The van der Waals surface area contributed by atoms with E-state index in [1.165, 1.54) is 22.3 Å². The molecular formula is C16H28N2. The van der Waals surface area contributed by atoms with Gasteiger partial charge in [-0.05, 0) is 76.0 Å². The summed E-state index contributed by atoms with van der Waals surface area (Å²) in [7, 11) is 4.21. The highest BCUT2D eigenvalue weighted by atomic mass is 15.1. The number of likely N-dealkylation sites (N-methyl/N-ethyl adjacent to an activating group) is 2. The summed E-state index contributed by atoms with van der Waals surface area (Å²) >= 11 is 0. The summed E-state index contributed by atoms with van der Waals surface area (Å²) in [5.74, 6) is 0. The van der Waals surface area contributed by atoms with E-state index in [0.29, 0.717) is 0 Å². The summed E-state index contributed by atoms with van der Waals surface area (Å²) < 4.78 is 0. The lowest BCUT2D eigenvalue weighted by Gasteiger charge is -2.20. The Bertz CT molecular complexity index is 370. The number of nitrogens with one attached hydrogen (secondary N) is 1. The van der Waals surface area contributed by atoms with Crippen LogP contribution in [0, 0.1) is 27.7 Å². The van der Waals surface area contributed by atoms with Crippen LogP contribution in [0.2, 0.25) is 0 Å². The van der Waals surface area contributed by atoms with E-state index < -0.39 is 0 Å². The Balaban J connectivity index is 2.73. The zero-order valence-corrected chi connectivity index (χ0v) is 12.9. The molecule has 0 atom stereocenters. The first-order valence-corrected chi connectivity index (χ1v) is 6.86. The molecule has 0 spiro atoms. The summed E-state index contributed by atoms with van der Waals surface area (Å²) in [6.45, 7) is 12.2. The third kappa shape index (κ3) is 3.82. The lowest BCUT2D eigenvalue weighted by atomic mass is 9.92. The van der Waals surface area contributed by atoms with Gasteiger partial charge in [-0.3, -0.25) is 0 Å². The quantitative estimate of drug-likeness (QED) is 0.832. The second-order valence-electron chi connectivity index (χ2n) is 5.40. The fourth-order valence-corrected chi connectivity index (χ4v) is 2.39. The van der Waals surface area contributed by atoms with Crippen molar-refractivity contribution in [1.82, 2.24) is 10.2 Å². The number of benzene rings is 1. The fraction of sp³-hybridized carbons (Fsp3) is 0.625. The van der Waals surface area contributed by atoms with Crippen molar-refractivity contribution in [2.75, 3.05) is 33.7 Å². The summed E-state index contributed by atoms with van der Waals surface area (Å²) in [4.78, 5) is 2.40. The van der Waals surface area contributed by atoms with Gasteiger partial charge >= 0.3 is 0 Å². The number of aryl methyl sites for hydroxylation is 2. The average Bonchev–Trinajstić information content (AvgIpc) is 2.34. The summed E-state index contributed by atoms with van der Waals surface area (Å²) in [6, 6.07) is 2.30. The number of hydrogen-bond acceptors (Lipinski definition) is 2. The molecule has 0 aromatic heterocycles. The van der Waals surface area contributed by atoms with E-state index in [9.17, 15) is 0 Å².